The maximum Gasteiger partial charge on any atom is 0.317 e. The largest absolute Gasteiger partial charge is 0.383 e. The molecule has 0 radical (unpaired) electrons. The monoisotopic (exact) mass is 276 g/mol. The Morgan fingerprint density at radius 2 is 2.20 bits per heavy atom. The van der Waals surface area contributed by atoms with E-state index in [0.717, 1.165) is 19.3 Å². The SMILES string of the molecule is COCCN(C)C(=O)N[C@@H]1CCCCc2ccccc21. The number of nitrogens with one attached hydrogen (secondary N) is 1. The molecule has 0 saturated carbocycles. The van der Waals surface area contributed by atoms with Crippen molar-refractivity contribution in [1.82, 2.24) is 10.2 Å². The second-order valence-electron chi connectivity index (χ2n) is 5.36. The molecule has 4 nitrogen and oxygen atoms in total. The normalized spacial score (nSPS) is 18.0. The van der Waals surface area contributed by atoms with Gasteiger partial charge in [-0.3, -0.25) is 0 Å². The molecule has 1 aromatic rings. The lowest BCUT2D eigenvalue weighted by Gasteiger charge is -2.24. The van der Waals surface area contributed by atoms with Gasteiger partial charge >= 0.3 is 6.03 Å². The highest BCUT2D eigenvalue weighted by Crippen LogP contribution is 2.28. The molecule has 1 aliphatic carbocycles. The van der Waals surface area contributed by atoms with Gasteiger partial charge < -0.3 is 15.0 Å². The Kier molecular flexibility index (Phi) is 5.41. The summed E-state index contributed by atoms with van der Waals surface area (Å²) >= 11 is 0. The van der Waals surface area contributed by atoms with Crippen LogP contribution in [-0.4, -0.2) is 38.2 Å². The fourth-order valence-corrected chi connectivity index (χ4v) is 2.66. The quantitative estimate of drug-likeness (QED) is 0.859. The van der Waals surface area contributed by atoms with Crippen molar-refractivity contribution in [2.24, 2.45) is 0 Å². The second-order valence-corrected chi connectivity index (χ2v) is 5.36. The first-order chi connectivity index (χ1) is 9.72. The van der Waals surface area contributed by atoms with Crippen LogP contribution in [0.15, 0.2) is 24.3 Å². The van der Waals surface area contributed by atoms with Crippen LogP contribution < -0.4 is 5.32 Å². The zero-order valence-electron chi connectivity index (χ0n) is 12.4. The van der Waals surface area contributed by atoms with E-state index in [4.69, 9.17) is 4.74 Å². The zero-order valence-corrected chi connectivity index (χ0v) is 12.4. The molecule has 0 saturated heterocycles. The van der Waals surface area contributed by atoms with Crippen molar-refractivity contribution in [3.05, 3.63) is 35.4 Å². The number of ether oxygens (including phenoxy) is 1. The van der Waals surface area contributed by atoms with Crippen molar-refractivity contribution < 1.29 is 9.53 Å². The first kappa shape index (κ1) is 14.9. The molecule has 2 amide bonds. The summed E-state index contributed by atoms with van der Waals surface area (Å²) in [6.45, 7) is 1.17. The topological polar surface area (TPSA) is 41.6 Å². The van der Waals surface area contributed by atoms with Gasteiger partial charge in [0, 0.05) is 20.7 Å². The van der Waals surface area contributed by atoms with Gasteiger partial charge in [-0.1, -0.05) is 30.7 Å². The standard InChI is InChI=1S/C16H24N2O2/c1-18(11-12-20-2)16(19)17-15-10-6-4-8-13-7-3-5-9-14(13)15/h3,5,7,9,15H,4,6,8,10-12H2,1-2H3,(H,17,19)/t15-/m1/s1. The fraction of sp³-hybridized carbons (Fsp3) is 0.562. The molecule has 1 atom stereocenters. The number of hydrogen-bond donors (Lipinski definition) is 1. The Balaban J connectivity index is 2.03. The van der Waals surface area contributed by atoms with E-state index in [0.29, 0.717) is 13.2 Å². The van der Waals surface area contributed by atoms with Gasteiger partial charge in [-0.2, -0.15) is 0 Å². The number of methoxy groups -OCH3 is 1. The van der Waals surface area contributed by atoms with E-state index < -0.39 is 0 Å². The number of carbonyl (C=O) groups is 1. The van der Waals surface area contributed by atoms with Crippen molar-refractivity contribution in [3.8, 4) is 0 Å². The summed E-state index contributed by atoms with van der Waals surface area (Å²) in [4.78, 5) is 13.9. The number of fused-ring (bicyclic) bond motifs is 1. The van der Waals surface area contributed by atoms with Crippen molar-refractivity contribution >= 4 is 6.03 Å². The van der Waals surface area contributed by atoms with Crippen LogP contribution in [0.4, 0.5) is 4.79 Å². The van der Waals surface area contributed by atoms with E-state index in [1.54, 1.807) is 19.1 Å². The average Bonchev–Trinajstić information content (AvgIpc) is 2.67. The van der Waals surface area contributed by atoms with Crippen LogP contribution in [0.2, 0.25) is 0 Å². The maximum atomic E-state index is 12.2. The number of nitrogens with zero attached hydrogens (tertiary/aromatic N) is 1. The smallest absolute Gasteiger partial charge is 0.317 e. The molecule has 4 heteroatoms. The second kappa shape index (κ2) is 7.29. The van der Waals surface area contributed by atoms with Crippen molar-refractivity contribution in [3.63, 3.8) is 0 Å². The lowest BCUT2D eigenvalue weighted by atomic mass is 9.99. The minimum absolute atomic E-state index is 0.0243. The summed E-state index contributed by atoms with van der Waals surface area (Å²) in [5.74, 6) is 0. The van der Waals surface area contributed by atoms with Crippen LogP contribution in [0.5, 0.6) is 0 Å². The number of aryl methyl sites for hydroxylation is 1. The first-order valence-electron chi connectivity index (χ1n) is 7.30. The molecule has 2 rings (SSSR count). The minimum Gasteiger partial charge on any atom is -0.383 e. The molecule has 1 N–H and O–H groups in total. The highest BCUT2D eigenvalue weighted by Gasteiger charge is 2.21. The third-order valence-corrected chi connectivity index (χ3v) is 3.89. The molecule has 0 aliphatic heterocycles. The summed E-state index contributed by atoms with van der Waals surface area (Å²) in [7, 11) is 3.45. The highest BCUT2D eigenvalue weighted by atomic mass is 16.5. The van der Waals surface area contributed by atoms with Crippen LogP contribution >= 0.6 is 0 Å². The molecular formula is C16H24N2O2. The molecule has 110 valence electrons. The Morgan fingerprint density at radius 3 is 3.00 bits per heavy atom. The summed E-state index contributed by atoms with van der Waals surface area (Å²) < 4.78 is 5.01. The van der Waals surface area contributed by atoms with Crippen molar-refractivity contribution in [2.75, 3.05) is 27.3 Å². The third-order valence-electron chi connectivity index (χ3n) is 3.89. The number of urea groups is 1. The minimum atomic E-state index is -0.0243. The van der Waals surface area contributed by atoms with Crippen molar-refractivity contribution in [1.29, 1.82) is 0 Å². The van der Waals surface area contributed by atoms with Crippen LogP contribution in [0.25, 0.3) is 0 Å². The van der Waals surface area contributed by atoms with Gasteiger partial charge in [0.2, 0.25) is 0 Å². The maximum absolute atomic E-state index is 12.2. The molecule has 0 unspecified atom stereocenters. The number of likely N-dealkylation sites (N-methyl/N-ethyl adjacent to an activating group) is 1. The van der Waals surface area contributed by atoms with E-state index in [1.165, 1.54) is 17.5 Å². The van der Waals surface area contributed by atoms with Crippen LogP contribution in [0.3, 0.4) is 0 Å². The van der Waals surface area contributed by atoms with Crippen LogP contribution in [0, 0.1) is 0 Å². The summed E-state index contributed by atoms with van der Waals surface area (Å²) in [6, 6.07) is 8.55. The Hall–Kier alpha value is -1.55. The predicted octanol–water partition coefficient (Wildman–Crippen LogP) is 2.74. The first-order valence-corrected chi connectivity index (χ1v) is 7.30. The van der Waals surface area contributed by atoms with E-state index in [1.807, 2.05) is 0 Å². The van der Waals surface area contributed by atoms with Crippen molar-refractivity contribution in [2.45, 2.75) is 31.7 Å². The third kappa shape index (κ3) is 3.73. The lowest BCUT2D eigenvalue weighted by molar-refractivity contribution is 0.157. The van der Waals surface area contributed by atoms with Gasteiger partial charge in [-0.05, 0) is 30.4 Å². The van der Waals surface area contributed by atoms with Gasteiger partial charge in [-0.25, -0.2) is 4.79 Å². The van der Waals surface area contributed by atoms with Gasteiger partial charge in [0.05, 0.1) is 12.6 Å². The van der Waals surface area contributed by atoms with Gasteiger partial charge in [0.15, 0.2) is 0 Å². The number of benzene rings is 1. The molecule has 20 heavy (non-hydrogen) atoms. The Morgan fingerprint density at radius 1 is 1.40 bits per heavy atom. The molecule has 1 aromatic carbocycles. The molecule has 0 spiro atoms. The summed E-state index contributed by atoms with van der Waals surface area (Å²) in [5.41, 5.74) is 2.65. The lowest BCUT2D eigenvalue weighted by Crippen LogP contribution is -2.40. The van der Waals surface area contributed by atoms with Gasteiger partial charge in [0.1, 0.15) is 0 Å². The number of amides is 2. The molecule has 0 heterocycles. The van der Waals surface area contributed by atoms with E-state index in [-0.39, 0.29) is 12.1 Å². The Bertz CT molecular complexity index is 448. The number of rotatable bonds is 4. The average molecular weight is 276 g/mol. The molecule has 0 aromatic heterocycles. The fourth-order valence-electron chi connectivity index (χ4n) is 2.66. The van der Waals surface area contributed by atoms with Crippen LogP contribution in [-0.2, 0) is 11.2 Å². The van der Waals surface area contributed by atoms with E-state index in [9.17, 15) is 4.79 Å². The van der Waals surface area contributed by atoms with E-state index >= 15 is 0 Å². The summed E-state index contributed by atoms with van der Waals surface area (Å²) in [6.07, 6.45) is 4.48. The van der Waals surface area contributed by atoms with Gasteiger partial charge in [-0.15, -0.1) is 0 Å². The van der Waals surface area contributed by atoms with Crippen LogP contribution in [0.1, 0.15) is 36.4 Å². The number of carbonyl (C=O) groups excluding carboxylic acids is 1. The Labute approximate surface area is 121 Å². The highest BCUT2D eigenvalue weighted by molar-refractivity contribution is 5.74. The molecular weight excluding hydrogens is 252 g/mol. The molecule has 0 fully saturated rings. The molecule has 0 bridgehead atoms. The number of hydrogen-bond acceptors (Lipinski definition) is 2. The van der Waals surface area contributed by atoms with Gasteiger partial charge in [0.25, 0.3) is 0 Å². The predicted molar refractivity (Wildman–Crippen MR) is 79.8 cm³/mol. The zero-order chi connectivity index (χ0) is 14.4. The molecule has 1 aliphatic rings. The summed E-state index contributed by atoms with van der Waals surface area (Å²) in [5, 5.41) is 3.16. The van der Waals surface area contributed by atoms with E-state index in [2.05, 4.69) is 29.6 Å².